The summed E-state index contributed by atoms with van der Waals surface area (Å²) in [4.78, 5) is 15.2. The number of hydrogen-bond acceptors (Lipinski definition) is 3. The first-order valence-corrected chi connectivity index (χ1v) is 5.79. The molecule has 2 N–H and O–H groups in total. The Morgan fingerprint density at radius 3 is 2.75 bits per heavy atom. The predicted octanol–water partition coefficient (Wildman–Crippen LogP) is 2.53. The number of aryl methyl sites for hydroxylation is 2. The van der Waals surface area contributed by atoms with Crippen molar-refractivity contribution in [3.63, 3.8) is 0 Å². The third-order valence-corrected chi connectivity index (χ3v) is 3.24. The van der Waals surface area contributed by atoms with Crippen molar-refractivity contribution in [2.45, 2.75) is 13.8 Å². The van der Waals surface area contributed by atoms with Gasteiger partial charge in [0.1, 0.15) is 0 Å². The highest BCUT2D eigenvalue weighted by atomic mass is 32.1. The number of hydrogen-bond donors (Lipinski definition) is 1. The van der Waals surface area contributed by atoms with Gasteiger partial charge in [-0.05, 0) is 25.5 Å². The van der Waals surface area contributed by atoms with E-state index in [1.807, 2.05) is 25.3 Å². The van der Waals surface area contributed by atoms with Crippen LogP contribution in [0.3, 0.4) is 0 Å². The first-order valence-electron chi connectivity index (χ1n) is 4.91. The topological polar surface area (TPSA) is 56.0 Å². The van der Waals surface area contributed by atoms with Crippen LogP contribution >= 0.6 is 11.3 Å². The summed E-state index contributed by atoms with van der Waals surface area (Å²) in [5, 5.41) is 2.22. The Labute approximate surface area is 97.9 Å². The molecular weight excluding hydrogens is 220 g/mol. The molecule has 82 valence electrons. The second-order valence-electron chi connectivity index (χ2n) is 3.72. The van der Waals surface area contributed by atoms with Gasteiger partial charge in [0.05, 0.1) is 5.69 Å². The van der Waals surface area contributed by atoms with Crippen molar-refractivity contribution in [3.05, 3.63) is 39.7 Å². The number of nitrogens with two attached hydrogens (primary N) is 1. The zero-order valence-corrected chi connectivity index (χ0v) is 9.97. The van der Waals surface area contributed by atoms with Gasteiger partial charge in [0.15, 0.2) is 5.01 Å². The Morgan fingerprint density at radius 2 is 2.12 bits per heavy atom. The minimum Gasteiger partial charge on any atom is -0.364 e. The second-order valence-corrected chi connectivity index (χ2v) is 4.58. The van der Waals surface area contributed by atoms with Gasteiger partial charge in [0.2, 0.25) is 0 Å². The molecule has 0 aliphatic heterocycles. The molecule has 0 aliphatic carbocycles. The van der Waals surface area contributed by atoms with E-state index >= 15 is 0 Å². The van der Waals surface area contributed by atoms with Crippen LogP contribution < -0.4 is 5.73 Å². The third-order valence-electron chi connectivity index (χ3n) is 2.38. The molecule has 0 radical (unpaired) electrons. The quantitative estimate of drug-likeness (QED) is 0.865. The highest BCUT2D eigenvalue weighted by molar-refractivity contribution is 7.12. The van der Waals surface area contributed by atoms with Crippen molar-refractivity contribution in [1.82, 2.24) is 4.98 Å². The summed E-state index contributed by atoms with van der Waals surface area (Å²) < 4.78 is 0. The van der Waals surface area contributed by atoms with Crippen LogP contribution in [0.1, 0.15) is 20.9 Å². The van der Waals surface area contributed by atoms with Crippen LogP contribution in [0.5, 0.6) is 0 Å². The molecule has 0 unspecified atom stereocenters. The molecule has 0 atom stereocenters. The van der Waals surface area contributed by atoms with E-state index in [1.54, 1.807) is 0 Å². The zero-order valence-electron chi connectivity index (χ0n) is 9.15. The van der Waals surface area contributed by atoms with E-state index in [-0.39, 0.29) is 0 Å². The van der Waals surface area contributed by atoms with Gasteiger partial charge in [-0.15, -0.1) is 11.3 Å². The molecular formula is C12H12N2OS. The van der Waals surface area contributed by atoms with E-state index in [2.05, 4.69) is 17.1 Å². The SMILES string of the molecule is Cc1ccc(C)c(-c2csc(C(N)=O)n2)c1. The monoisotopic (exact) mass is 232 g/mol. The molecule has 3 nitrogen and oxygen atoms in total. The molecule has 1 heterocycles. The summed E-state index contributed by atoms with van der Waals surface area (Å²) in [6.07, 6.45) is 0. The van der Waals surface area contributed by atoms with Crippen molar-refractivity contribution in [1.29, 1.82) is 0 Å². The average molecular weight is 232 g/mol. The van der Waals surface area contributed by atoms with Crippen molar-refractivity contribution in [3.8, 4) is 11.3 Å². The molecule has 1 aromatic heterocycles. The fourth-order valence-electron chi connectivity index (χ4n) is 1.52. The highest BCUT2D eigenvalue weighted by Crippen LogP contribution is 2.25. The number of aromatic nitrogens is 1. The molecule has 2 rings (SSSR count). The first kappa shape index (κ1) is 10.8. The van der Waals surface area contributed by atoms with E-state index in [9.17, 15) is 4.79 Å². The molecule has 2 aromatic rings. The predicted molar refractivity (Wildman–Crippen MR) is 65.5 cm³/mol. The number of thiazole rings is 1. The summed E-state index contributed by atoms with van der Waals surface area (Å²) in [6, 6.07) is 6.17. The summed E-state index contributed by atoms with van der Waals surface area (Å²) in [6.45, 7) is 4.06. The Hall–Kier alpha value is -1.68. The summed E-state index contributed by atoms with van der Waals surface area (Å²) in [5.41, 5.74) is 9.38. The Balaban J connectivity index is 2.50. The third kappa shape index (κ3) is 1.97. The van der Waals surface area contributed by atoms with Crippen molar-refractivity contribution in [2.24, 2.45) is 5.73 Å². The van der Waals surface area contributed by atoms with E-state index < -0.39 is 5.91 Å². The van der Waals surface area contributed by atoms with Crippen LogP contribution in [0.4, 0.5) is 0 Å². The number of nitrogens with zero attached hydrogens (tertiary/aromatic N) is 1. The number of carbonyl (C=O) groups is 1. The molecule has 0 saturated heterocycles. The fourth-order valence-corrected chi connectivity index (χ4v) is 2.19. The van der Waals surface area contributed by atoms with Gasteiger partial charge in [-0.1, -0.05) is 17.7 Å². The average Bonchev–Trinajstić information content (AvgIpc) is 2.70. The lowest BCUT2D eigenvalue weighted by Crippen LogP contribution is -2.10. The number of primary amides is 1. The van der Waals surface area contributed by atoms with Crippen LogP contribution in [0.25, 0.3) is 11.3 Å². The summed E-state index contributed by atoms with van der Waals surface area (Å²) in [7, 11) is 0. The van der Waals surface area contributed by atoms with Crippen molar-refractivity contribution >= 4 is 17.2 Å². The fraction of sp³-hybridized carbons (Fsp3) is 0.167. The molecule has 0 fully saturated rings. The van der Waals surface area contributed by atoms with Gasteiger partial charge in [-0.3, -0.25) is 4.79 Å². The van der Waals surface area contributed by atoms with E-state index in [0.29, 0.717) is 5.01 Å². The van der Waals surface area contributed by atoms with Gasteiger partial charge < -0.3 is 5.73 Å². The molecule has 0 saturated carbocycles. The Morgan fingerprint density at radius 1 is 1.38 bits per heavy atom. The largest absolute Gasteiger partial charge is 0.364 e. The van der Waals surface area contributed by atoms with Crippen LogP contribution in [0, 0.1) is 13.8 Å². The maximum absolute atomic E-state index is 11.0. The molecule has 0 spiro atoms. The van der Waals surface area contributed by atoms with Crippen molar-refractivity contribution < 1.29 is 4.79 Å². The van der Waals surface area contributed by atoms with Gasteiger partial charge >= 0.3 is 0 Å². The van der Waals surface area contributed by atoms with Gasteiger partial charge in [0.25, 0.3) is 5.91 Å². The van der Waals surface area contributed by atoms with Gasteiger partial charge in [0, 0.05) is 10.9 Å². The molecule has 1 aromatic carbocycles. The Kier molecular flexibility index (Phi) is 2.75. The Bertz CT molecular complexity index is 546. The van der Waals surface area contributed by atoms with Gasteiger partial charge in [-0.25, -0.2) is 4.98 Å². The minimum atomic E-state index is -0.471. The van der Waals surface area contributed by atoms with E-state index in [0.717, 1.165) is 16.8 Å². The normalized spacial score (nSPS) is 10.4. The lowest BCUT2D eigenvalue weighted by molar-refractivity contribution is 0.1000. The smallest absolute Gasteiger partial charge is 0.277 e. The van der Waals surface area contributed by atoms with Crippen LogP contribution in [0.15, 0.2) is 23.6 Å². The molecule has 4 heteroatoms. The number of benzene rings is 1. The maximum Gasteiger partial charge on any atom is 0.277 e. The molecule has 1 amide bonds. The van der Waals surface area contributed by atoms with E-state index in [4.69, 9.17) is 5.73 Å². The van der Waals surface area contributed by atoms with Gasteiger partial charge in [-0.2, -0.15) is 0 Å². The standard InChI is InChI=1S/C12H12N2OS/c1-7-3-4-8(2)9(5-7)10-6-16-12(14-10)11(13)15/h3-6H,1-2H3,(H2,13,15). The van der Waals surface area contributed by atoms with Crippen LogP contribution in [0.2, 0.25) is 0 Å². The summed E-state index contributed by atoms with van der Waals surface area (Å²) in [5.74, 6) is -0.471. The van der Waals surface area contributed by atoms with Crippen LogP contribution in [-0.2, 0) is 0 Å². The lowest BCUT2D eigenvalue weighted by Gasteiger charge is -2.03. The molecule has 0 bridgehead atoms. The maximum atomic E-state index is 11.0. The molecule has 0 aliphatic rings. The van der Waals surface area contributed by atoms with Crippen molar-refractivity contribution in [2.75, 3.05) is 0 Å². The second kappa shape index (κ2) is 4.06. The lowest BCUT2D eigenvalue weighted by atomic mass is 10.0. The number of rotatable bonds is 2. The van der Waals surface area contributed by atoms with Crippen LogP contribution in [-0.4, -0.2) is 10.9 Å². The van der Waals surface area contributed by atoms with E-state index in [1.165, 1.54) is 16.9 Å². The molecule has 16 heavy (non-hydrogen) atoms. The zero-order chi connectivity index (χ0) is 11.7. The highest BCUT2D eigenvalue weighted by Gasteiger charge is 2.10. The number of amides is 1. The first-order chi connectivity index (χ1) is 7.58. The summed E-state index contributed by atoms with van der Waals surface area (Å²) >= 11 is 1.28. The minimum absolute atomic E-state index is 0.357. The number of carbonyl (C=O) groups excluding carboxylic acids is 1.